The number of aryl methyl sites for hydroxylation is 1. The van der Waals surface area contributed by atoms with Crippen molar-refractivity contribution in [3.8, 4) is 0 Å². The molecule has 1 aromatic carbocycles. The van der Waals surface area contributed by atoms with E-state index < -0.39 is 0 Å². The van der Waals surface area contributed by atoms with Gasteiger partial charge >= 0.3 is 0 Å². The Morgan fingerprint density at radius 3 is 2.89 bits per heavy atom. The van der Waals surface area contributed by atoms with Crippen molar-refractivity contribution in [3.05, 3.63) is 46.2 Å². The minimum absolute atomic E-state index is 0.264. The normalized spacial score (nSPS) is 12.7. The van der Waals surface area contributed by atoms with Gasteiger partial charge in [-0.2, -0.15) is 0 Å². The van der Waals surface area contributed by atoms with Gasteiger partial charge in [-0.3, -0.25) is 0 Å². The lowest BCUT2D eigenvalue weighted by molar-refractivity contribution is 0.649. The summed E-state index contributed by atoms with van der Waals surface area (Å²) in [5.41, 5.74) is 3.18. The number of alkyl halides is 1. The van der Waals surface area contributed by atoms with Gasteiger partial charge in [-0.05, 0) is 30.5 Å². The van der Waals surface area contributed by atoms with Crippen molar-refractivity contribution < 1.29 is 0 Å². The third-order valence-electron chi connectivity index (χ3n) is 2.78. The van der Waals surface area contributed by atoms with E-state index in [0.717, 1.165) is 28.3 Å². The third kappa shape index (κ3) is 3.12. The second kappa shape index (κ2) is 5.85. The lowest BCUT2D eigenvalue weighted by atomic mass is 10.1. The number of hydrogen-bond acceptors (Lipinski definition) is 2. The molecular formula is C13H15BrClN3. The summed E-state index contributed by atoms with van der Waals surface area (Å²) in [6.45, 7) is 4.78. The number of aromatic nitrogens is 3. The number of hydrogen-bond donors (Lipinski definition) is 0. The molecule has 1 aromatic heterocycles. The van der Waals surface area contributed by atoms with Crippen LogP contribution in [0.3, 0.4) is 0 Å². The molecule has 0 radical (unpaired) electrons. The van der Waals surface area contributed by atoms with E-state index in [-0.39, 0.29) is 4.83 Å². The number of halogens is 2. The van der Waals surface area contributed by atoms with Crippen LogP contribution >= 0.6 is 27.5 Å². The molecule has 0 aliphatic rings. The van der Waals surface area contributed by atoms with Gasteiger partial charge in [0, 0.05) is 11.2 Å². The molecule has 0 bridgehead atoms. The van der Waals surface area contributed by atoms with Gasteiger partial charge in [0.25, 0.3) is 0 Å². The van der Waals surface area contributed by atoms with E-state index in [2.05, 4.69) is 39.2 Å². The van der Waals surface area contributed by atoms with Gasteiger partial charge in [-0.25, -0.2) is 4.68 Å². The summed E-state index contributed by atoms with van der Waals surface area (Å²) < 4.78 is 1.82. The number of nitrogens with zero attached hydrogens (tertiary/aromatic N) is 3. The zero-order chi connectivity index (χ0) is 13.1. The molecule has 2 rings (SSSR count). The minimum atomic E-state index is 0.264. The van der Waals surface area contributed by atoms with E-state index in [9.17, 15) is 0 Å². The fourth-order valence-electron chi connectivity index (χ4n) is 1.70. The largest absolute Gasteiger partial charge is 0.248 e. The van der Waals surface area contributed by atoms with Gasteiger partial charge in [0.2, 0.25) is 0 Å². The van der Waals surface area contributed by atoms with Gasteiger partial charge in [0.1, 0.15) is 0 Å². The fourth-order valence-corrected chi connectivity index (χ4v) is 2.20. The highest BCUT2D eigenvalue weighted by atomic mass is 79.9. The number of benzene rings is 1. The van der Waals surface area contributed by atoms with Gasteiger partial charge < -0.3 is 0 Å². The lowest BCUT2D eigenvalue weighted by Gasteiger charge is -2.05. The maximum absolute atomic E-state index is 6.21. The fraction of sp³-hybridized carbons (Fsp3) is 0.385. The SMILES string of the molecule is CCC(Br)c1cn(Cc2ccc(C)cc2Cl)nn1. The predicted octanol–water partition coefficient (Wildman–Crippen LogP) is 4.13. The van der Waals surface area contributed by atoms with Crippen LogP contribution in [-0.2, 0) is 6.54 Å². The molecule has 1 heterocycles. The predicted molar refractivity (Wildman–Crippen MR) is 77.3 cm³/mol. The van der Waals surface area contributed by atoms with Gasteiger partial charge in [0.15, 0.2) is 0 Å². The summed E-state index contributed by atoms with van der Waals surface area (Å²) >= 11 is 9.77. The minimum Gasteiger partial charge on any atom is -0.248 e. The van der Waals surface area contributed by atoms with Crippen molar-refractivity contribution in [1.82, 2.24) is 15.0 Å². The van der Waals surface area contributed by atoms with Crippen molar-refractivity contribution >= 4 is 27.5 Å². The van der Waals surface area contributed by atoms with Crippen LogP contribution < -0.4 is 0 Å². The Kier molecular flexibility index (Phi) is 4.40. The Balaban J connectivity index is 2.16. The highest BCUT2D eigenvalue weighted by Crippen LogP contribution is 2.24. The van der Waals surface area contributed by atoms with Gasteiger partial charge in [-0.1, -0.05) is 51.8 Å². The zero-order valence-corrected chi connectivity index (χ0v) is 12.7. The number of rotatable bonds is 4. The highest BCUT2D eigenvalue weighted by molar-refractivity contribution is 9.09. The summed E-state index contributed by atoms with van der Waals surface area (Å²) in [6, 6.07) is 6.05. The Morgan fingerprint density at radius 1 is 1.44 bits per heavy atom. The summed E-state index contributed by atoms with van der Waals surface area (Å²) in [4.78, 5) is 0.264. The third-order valence-corrected chi connectivity index (χ3v) is 4.25. The van der Waals surface area contributed by atoms with E-state index in [1.54, 1.807) is 0 Å². The molecule has 0 fully saturated rings. The molecule has 96 valence electrons. The Bertz CT molecular complexity index is 539. The van der Waals surface area contributed by atoms with Crippen LogP contribution in [0, 0.1) is 6.92 Å². The Hall–Kier alpha value is -0.870. The molecule has 0 aliphatic carbocycles. The molecular weight excluding hydrogens is 314 g/mol. The average molecular weight is 329 g/mol. The molecule has 3 nitrogen and oxygen atoms in total. The monoisotopic (exact) mass is 327 g/mol. The van der Waals surface area contributed by atoms with Crippen molar-refractivity contribution in [1.29, 1.82) is 0 Å². The van der Waals surface area contributed by atoms with Crippen LogP contribution in [0.15, 0.2) is 24.4 Å². The van der Waals surface area contributed by atoms with Crippen LogP contribution in [0.5, 0.6) is 0 Å². The van der Waals surface area contributed by atoms with E-state index in [1.165, 1.54) is 0 Å². The van der Waals surface area contributed by atoms with E-state index in [0.29, 0.717) is 6.54 Å². The molecule has 1 atom stereocenters. The molecule has 0 saturated heterocycles. The maximum atomic E-state index is 6.21. The van der Waals surface area contributed by atoms with Gasteiger partial charge in [-0.15, -0.1) is 5.10 Å². The van der Waals surface area contributed by atoms with Crippen LogP contribution in [-0.4, -0.2) is 15.0 Å². The second-order valence-corrected chi connectivity index (χ2v) is 5.82. The molecule has 1 unspecified atom stereocenters. The molecule has 0 aliphatic heterocycles. The summed E-state index contributed by atoms with van der Waals surface area (Å²) in [6.07, 6.45) is 2.95. The quantitative estimate of drug-likeness (QED) is 0.790. The first kappa shape index (κ1) is 13.6. The molecule has 0 saturated carbocycles. The maximum Gasteiger partial charge on any atom is 0.0963 e. The zero-order valence-electron chi connectivity index (χ0n) is 10.4. The smallest absolute Gasteiger partial charge is 0.0963 e. The molecule has 0 N–H and O–H groups in total. The first-order valence-electron chi connectivity index (χ1n) is 5.89. The standard InChI is InChI=1S/C13H15BrClN3/c1-3-11(14)13-8-18(17-16-13)7-10-5-4-9(2)6-12(10)15/h4-6,8,11H,3,7H2,1-2H3. The van der Waals surface area contributed by atoms with Gasteiger partial charge in [0.05, 0.1) is 17.1 Å². The lowest BCUT2D eigenvalue weighted by Crippen LogP contribution is -2.01. The van der Waals surface area contributed by atoms with E-state index >= 15 is 0 Å². The van der Waals surface area contributed by atoms with Crippen molar-refractivity contribution in [2.75, 3.05) is 0 Å². The van der Waals surface area contributed by atoms with Crippen LogP contribution in [0.1, 0.15) is 35.0 Å². The molecule has 0 amide bonds. The van der Waals surface area contributed by atoms with Crippen LogP contribution in [0.25, 0.3) is 0 Å². The average Bonchev–Trinajstić information content (AvgIpc) is 2.80. The van der Waals surface area contributed by atoms with Crippen molar-refractivity contribution in [2.45, 2.75) is 31.6 Å². The first-order chi connectivity index (χ1) is 8.60. The summed E-state index contributed by atoms with van der Waals surface area (Å²) in [7, 11) is 0. The van der Waals surface area contributed by atoms with Crippen LogP contribution in [0.2, 0.25) is 5.02 Å². The van der Waals surface area contributed by atoms with Crippen LogP contribution in [0.4, 0.5) is 0 Å². The Labute approximate surface area is 120 Å². The Morgan fingerprint density at radius 2 is 2.22 bits per heavy atom. The van der Waals surface area contributed by atoms with Crippen molar-refractivity contribution in [2.24, 2.45) is 0 Å². The van der Waals surface area contributed by atoms with E-state index in [4.69, 9.17) is 11.6 Å². The van der Waals surface area contributed by atoms with Crippen molar-refractivity contribution in [3.63, 3.8) is 0 Å². The first-order valence-corrected chi connectivity index (χ1v) is 7.18. The molecule has 5 heteroatoms. The highest BCUT2D eigenvalue weighted by Gasteiger charge is 2.10. The molecule has 0 spiro atoms. The summed E-state index contributed by atoms with van der Waals surface area (Å²) in [5.74, 6) is 0. The summed E-state index contributed by atoms with van der Waals surface area (Å²) in [5, 5.41) is 9.05. The molecule has 18 heavy (non-hydrogen) atoms. The van der Waals surface area contributed by atoms with E-state index in [1.807, 2.05) is 29.9 Å². The second-order valence-electron chi connectivity index (χ2n) is 4.31. The molecule has 2 aromatic rings. The topological polar surface area (TPSA) is 30.7 Å².